The highest BCUT2D eigenvalue weighted by Crippen LogP contribution is 2.38. The second-order valence-electron chi connectivity index (χ2n) is 6.01. The number of rotatable bonds is 3. The maximum absolute atomic E-state index is 12.0. The molecule has 0 atom stereocenters. The smallest absolute Gasteiger partial charge is 0.326 e. The van der Waals surface area contributed by atoms with E-state index >= 15 is 0 Å². The van der Waals surface area contributed by atoms with Crippen LogP contribution in [-0.2, 0) is 5.41 Å². The van der Waals surface area contributed by atoms with Gasteiger partial charge in [0.2, 0.25) is 0 Å². The number of carbonyl (C=O) groups is 1. The second kappa shape index (κ2) is 5.64. The highest BCUT2D eigenvalue weighted by molar-refractivity contribution is 5.95. The summed E-state index contributed by atoms with van der Waals surface area (Å²) < 4.78 is 5.55. The number of hydrogen-bond donors (Lipinski definition) is 1. The molecule has 1 aromatic carbocycles. The van der Waals surface area contributed by atoms with Crippen LogP contribution in [0.3, 0.4) is 0 Å². The van der Waals surface area contributed by atoms with Crippen LogP contribution >= 0.6 is 0 Å². The molecule has 1 N–H and O–H groups in total. The summed E-state index contributed by atoms with van der Waals surface area (Å²) in [7, 11) is 1.66. The van der Waals surface area contributed by atoms with Crippen molar-refractivity contribution in [2.75, 3.05) is 18.6 Å². The van der Waals surface area contributed by atoms with Crippen molar-refractivity contribution in [3.05, 3.63) is 42.1 Å². The molecule has 0 spiro atoms. The van der Waals surface area contributed by atoms with Gasteiger partial charge in [0.05, 0.1) is 12.8 Å². The highest BCUT2D eigenvalue weighted by Gasteiger charge is 2.24. The Morgan fingerprint density at radius 2 is 2.10 bits per heavy atom. The SMILES string of the molecule is C=Cc1cc(N2C=CCNC2=O)cc(C(C)(C)C)c1OC. The second-order valence-corrected chi connectivity index (χ2v) is 6.01. The third-order valence-electron chi connectivity index (χ3n) is 3.46. The van der Waals surface area contributed by atoms with Crippen molar-refractivity contribution in [2.45, 2.75) is 26.2 Å². The van der Waals surface area contributed by atoms with Crippen molar-refractivity contribution >= 4 is 17.8 Å². The van der Waals surface area contributed by atoms with Crippen LogP contribution < -0.4 is 15.0 Å². The van der Waals surface area contributed by atoms with E-state index in [1.165, 1.54) is 0 Å². The summed E-state index contributed by atoms with van der Waals surface area (Å²) >= 11 is 0. The van der Waals surface area contributed by atoms with Gasteiger partial charge in [-0.15, -0.1) is 0 Å². The monoisotopic (exact) mass is 286 g/mol. The van der Waals surface area contributed by atoms with E-state index in [1.54, 1.807) is 24.3 Å². The number of hydrogen-bond acceptors (Lipinski definition) is 2. The van der Waals surface area contributed by atoms with E-state index in [2.05, 4.69) is 32.7 Å². The first-order valence-corrected chi connectivity index (χ1v) is 6.97. The summed E-state index contributed by atoms with van der Waals surface area (Å²) in [5.74, 6) is 0.808. The van der Waals surface area contributed by atoms with Crippen LogP contribution in [0.1, 0.15) is 31.9 Å². The topological polar surface area (TPSA) is 41.6 Å². The van der Waals surface area contributed by atoms with E-state index in [0.717, 1.165) is 22.6 Å². The molecule has 21 heavy (non-hydrogen) atoms. The third-order valence-corrected chi connectivity index (χ3v) is 3.46. The molecule has 1 aliphatic heterocycles. The molecule has 0 radical (unpaired) electrons. The normalized spacial score (nSPS) is 14.9. The van der Waals surface area contributed by atoms with E-state index in [-0.39, 0.29) is 11.4 Å². The molecule has 4 heteroatoms. The van der Waals surface area contributed by atoms with Gasteiger partial charge in [0.15, 0.2) is 0 Å². The zero-order valence-corrected chi connectivity index (χ0v) is 13.1. The lowest BCUT2D eigenvalue weighted by Gasteiger charge is -2.28. The van der Waals surface area contributed by atoms with E-state index in [1.807, 2.05) is 18.2 Å². The van der Waals surface area contributed by atoms with E-state index in [9.17, 15) is 4.79 Å². The van der Waals surface area contributed by atoms with Crippen LogP contribution in [0.2, 0.25) is 0 Å². The van der Waals surface area contributed by atoms with E-state index < -0.39 is 0 Å². The van der Waals surface area contributed by atoms with Gasteiger partial charge >= 0.3 is 6.03 Å². The lowest BCUT2D eigenvalue weighted by atomic mass is 9.84. The molecule has 0 fully saturated rings. The lowest BCUT2D eigenvalue weighted by molar-refractivity contribution is 0.248. The maximum atomic E-state index is 12.0. The number of methoxy groups -OCH3 is 1. The molecule has 0 saturated heterocycles. The maximum Gasteiger partial charge on any atom is 0.326 e. The molecular weight excluding hydrogens is 264 g/mol. The average Bonchev–Trinajstić information content (AvgIpc) is 2.45. The fourth-order valence-electron chi connectivity index (χ4n) is 2.37. The first kappa shape index (κ1) is 15.2. The predicted molar refractivity (Wildman–Crippen MR) is 86.8 cm³/mol. The minimum absolute atomic E-state index is 0.102. The summed E-state index contributed by atoms with van der Waals surface area (Å²) in [6.07, 6.45) is 5.46. The largest absolute Gasteiger partial charge is 0.496 e. The molecule has 1 aliphatic rings. The molecule has 2 rings (SSSR count). The minimum Gasteiger partial charge on any atom is -0.496 e. The number of ether oxygens (including phenoxy) is 1. The Morgan fingerprint density at radius 3 is 2.62 bits per heavy atom. The van der Waals surface area contributed by atoms with Crippen molar-refractivity contribution in [3.8, 4) is 5.75 Å². The van der Waals surface area contributed by atoms with Gasteiger partial charge < -0.3 is 10.1 Å². The fraction of sp³-hybridized carbons (Fsp3) is 0.353. The van der Waals surface area contributed by atoms with Gasteiger partial charge in [0.1, 0.15) is 5.75 Å². The number of nitrogens with zero attached hydrogens (tertiary/aromatic N) is 1. The van der Waals surface area contributed by atoms with Crippen molar-refractivity contribution < 1.29 is 9.53 Å². The number of benzene rings is 1. The Bertz CT molecular complexity index is 598. The highest BCUT2D eigenvalue weighted by atomic mass is 16.5. The van der Waals surface area contributed by atoms with Crippen molar-refractivity contribution in [1.29, 1.82) is 0 Å². The lowest BCUT2D eigenvalue weighted by Crippen LogP contribution is -2.40. The van der Waals surface area contributed by atoms with Crippen LogP contribution in [0.25, 0.3) is 6.08 Å². The number of nitrogens with one attached hydrogen (secondary N) is 1. The molecular formula is C17H22N2O2. The van der Waals surface area contributed by atoms with Crippen molar-refractivity contribution in [1.82, 2.24) is 5.32 Å². The third kappa shape index (κ3) is 2.94. The molecule has 0 saturated carbocycles. The summed E-state index contributed by atoms with van der Waals surface area (Å²) in [5, 5.41) is 2.80. The van der Waals surface area contributed by atoms with Crippen LogP contribution in [0.5, 0.6) is 5.75 Å². The number of urea groups is 1. The van der Waals surface area contributed by atoms with Crippen LogP contribution in [-0.4, -0.2) is 19.7 Å². The van der Waals surface area contributed by atoms with Crippen molar-refractivity contribution in [2.24, 2.45) is 0 Å². The minimum atomic E-state index is -0.127. The van der Waals surface area contributed by atoms with Crippen LogP contribution in [0, 0.1) is 0 Å². The van der Waals surface area contributed by atoms with Gasteiger partial charge in [-0.25, -0.2) is 4.79 Å². The zero-order chi connectivity index (χ0) is 15.6. The molecule has 4 nitrogen and oxygen atoms in total. The van der Waals surface area contributed by atoms with Gasteiger partial charge in [-0.3, -0.25) is 4.90 Å². The van der Waals surface area contributed by atoms with E-state index in [4.69, 9.17) is 4.74 Å². The average molecular weight is 286 g/mol. The summed E-state index contributed by atoms with van der Waals surface area (Å²) in [6.45, 7) is 10.8. The first-order valence-electron chi connectivity index (χ1n) is 6.97. The first-order chi connectivity index (χ1) is 9.88. The van der Waals surface area contributed by atoms with Crippen LogP contribution in [0.4, 0.5) is 10.5 Å². The number of amides is 2. The van der Waals surface area contributed by atoms with E-state index in [0.29, 0.717) is 6.54 Å². The molecule has 112 valence electrons. The molecule has 0 bridgehead atoms. The quantitative estimate of drug-likeness (QED) is 0.921. The van der Waals surface area contributed by atoms with Gasteiger partial charge in [0, 0.05) is 23.9 Å². The Labute approximate surface area is 126 Å². The van der Waals surface area contributed by atoms with Gasteiger partial charge in [-0.1, -0.05) is 33.4 Å². The molecule has 0 unspecified atom stereocenters. The molecule has 1 aromatic rings. The molecule has 1 heterocycles. The van der Waals surface area contributed by atoms with Gasteiger partial charge in [-0.2, -0.15) is 0 Å². The molecule has 0 aromatic heterocycles. The predicted octanol–water partition coefficient (Wildman–Crippen LogP) is 3.68. The van der Waals surface area contributed by atoms with Crippen molar-refractivity contribution in [3.63, 3.8) is 0 Å². The standard InChI is InChI=1S/C17H22N2O2/c1-6-12-10-13(19-9-7-8-18-16(19)20)11-14(15(12)21-5)17(2,3)4/h6-7,9-11H,1,8H2,2-5H3,(H,18,20). The number of anilines is 1. The van der Waals surface area contributed by atoms with Gasteiger partial charge in [-0.05, 0) is 23.6 Å². The Hall–Kier alpha value is -2.23. The Balaban J connectivity index is 2.63. The fourth-order valence-corrected chi connectivity index (χ4v) is 2.37. The summed E-state index contributed by atoms with van der Waals surface area (Å²) in [4.78, 5) is 13.6. The summed E-state index contributed by atoms with van der Waals surface area (Å²) in [6, 6.07) is 3.79. The molecule has 0 aliphatic carbocycles. The van der Waals surface area contributed by atoms with Gasteiger partial charge in [0.25, 0.3) is 0 Å². The molecule has 2 amide bonds. The summed E-state index contributed by atoms with van der Waals surface area (Å²) in [5.41, 5.74) is 2.63. The Morgan fingerprint density at radius 1 is 1.38 bits per heavy atom. The van der Waals surface area contributed by atoms with Crippen LogP contribution in [0.15, 0.2) is 31.0 Å². The zero-order valence-electron chi connectivity index (χ0n) is 13.1. The Kier molecular flexibility index (Phi) is 4.07. The number of carbonyl (C=O) groups excluding carboxylic acids is 1.